The smallest absolute Gasteiger partial charge is 0.225 e. The van der Waals surface area contributed by atoms with Crippen molar-refractivity contribution >= 4 is 34.7 Å². The van der Waals surface area contributed by atoms with Gasteiger partial charge in [0.2, 0.25) is 11.1 Å². The summed E-state index contributed by atoms with van der Waals surface area (Å²) in [6.45, 7) is 8.35. The highest BCUT2D eigenvalue weighted by Crippen LogP contribution is 2.30. The number of aromatic nitrogens is 4. The molecular formula is C29H32N6O2S. The van der Waals surface area contributed by atoms with Crippen molar-refractivity contribution in [2.45, 2.75) is 46.2 Å². The van der Waals surface area contributed by atoms with Crippen molar-refractivity contribution in [2.24, 2.45) is 5.92 Å². The number of nitrogens with zero attached hydrogens (tertiary/aromatic N) is 6. The zero-order chi connectivity index (χ0) is 26.5. The lowest BCUT2D eigenvalue weighted by atomic mass is 9.96. The third-order valence-electron chi connectivity index (χ3n) is 6.82. The molecule has 2 saturated heterocycles. The molecule has 0 aliphatic carbocycles. The summed E-state index contributed by atoms with van der Waals surface area (Å²) in [4.78, 5) is 47.3. The van der Waals surface area contributed by atoms with Crippen LogP contribution in [-0.4, -0.2) is 55.4 Å². The average molecular weight is 529 g/mol. The van der Waals surface area contributed by atoms with E-state index in [-0.39, 0.29) is 17.3 Å². The van der Waals surface area contributed by atoms with Gasteiger partial charge in [0.25, 0.3) is 0 Å². The largest absolute Gasteiger partial charge is 0.341 e. The fourth-order valence-electron chi connectivity index (χ4n) is 4.97. The lowest BCUT2D eigenvalue weighted by Crippen LogP contribution is -2.39. The zero-order valence-electron chi connectivity index (χ0n) is 21.8. The third kappa shape index (κ3) is 6.90. The van der Waals surface area contributed by atoms with E-state index in [2.05, 4.69) is 44.0 Å². The Kier molecular flexibility index (Phi) is 8.24. The van der Waals surface area contributed by atoms with Gasteiger partial charge in [0.15, 0.2) is 5.78 Å². The number of anilines is 1. The van der Waals surface area contributed by atoms with Crippen LogP contribution in [0.1, 0.15) is 47.7 Å². The second-order valence-electron chi connectivity index (χ2n) is 10.0. The van der Waals surface area contributed by atoms with E-state index in [0.717, 1.165) is 80.1 Å². The fourth-order valence-corrected chi connectivity index (χ4v) is 5.79. The maximum Gasteiger partial charge on any atom is 0.225 e. The Hall–Kier alpha value is -3.43. The number of carbonyl (C=O) groups is 2. The molecule has 2 fully saturated rings. The molecule has 0 aromatic carbocycles. The maximum atomic E-state index is 12.0. The van der Waals surface area contributed by atoms with Gasteiger partial charge in [-0.1, -0.05) is 12.1 Å². The summed E-state index contributed by atoms with van der Waals surface area (Å²) >= 11 is 1.00. The van der Waals surface area contributed by atoms with Crippen molar-refractivity contribution in [3.8, 4) is 0 Å². The number of Topliss-reactive ketones (excluding diaryl/α,β-unsaturated/α-hetero) is 1. The highest BCUT2D eigenvalue weighted by Gasteiger charge is 2.27. The molecule has 38 heavy (non-hydrogen) atoms. The molecule has 8 nitrogen and oxygen atoms in total. The van der Waals surface area contributed by atoms with Gasteiger partial charge in [-0.05, 0) is 80.8 Å². The molecule has 5 heterocycles. The van der Waals surface area contributed by atoms with Gasteiger partial charge >= 0.3 is 0 Å². The van der Waals surface area contributed by atoms with E-state index in [1.807, 2.05) is 26.0 Å². The molecule has 196 valence electrons. The maximum absolute atomic E-state index is 12.0. The van der Waals surface area contributed by atoms with Crippen LogP contribution in [0.4, 0.5) is 5.95 Å². The minimum Gasteiger partial charge on any atom is -0.341 e. The molecule has 2 aliphatic heterocycles. The number of allylic oxidation sites excluding steroid dienone is 1. The molecule has 0 N–H and O–H groups in total. The van der Waals surface area contributed by atoms with Crippen LogP contribution in [0.15, 0.2) is 53.6 Å². The minimum absolute atomic E-state index is 0.0289. The van der Waals surface area contributed by atoms with E-state index >= 15 is 0 Å². The molecule has 0 bridgehead atoms. The van der Waals surface area contributed by atoms with Crippen LogP contribution in [0.5, 0.6) is 0 Å². The summed E-state index contributed by atoms with van der Waals surface area (Å²) in [5.74, 6) is 1.08. The standard InChI is InChI=1S/C29H32N6O2S/c1-20-5-3-7-24(31-20)18-34(19-25-8-4-6-21(2)32-25)17-22-10-13-35(14-11-22)29-30-12-9-23(33-29)15-27-26(36)16-28(37)38-27/h3-9,12,15,22H,10-11,13-14,16-19H2,1-2H3/b27-15-. The Balaban J connectivity index is 1.23. The molecule has 0 spiro atoms. The SMILES string of the molecule is Cc1cccc(CN(Cc2cccc(C)n2)CC2CCN(c3nccc(/C=C4\SC(=O)CC4=O)n3)CC2)n1. The second kappa shape index (κ2) is 12.0. The van der Waals surface area contributed by atoms with E-state index < -0.39 is 0 Å². The molecule has 3 aromatic heterocycles. The van der Waals surface area contributed by atoms with Gasteiger partial charge in [0.05, 0.1) is 28.4 Å². The number of carbonyl (C=O) groups excluding carboxylic acids is 2. The van der Waals surface area contributed by atoms with Crippen LogP contribution >= 0.6 is 11.8 Å². The normalized spacial score (nSPS) is 17.7. The number of hydrogen-bond donors (Lipinski definition) is 0. The second-order valence-corrected chi connectivity index (χ2v) is 11.1. The number of aryl methyl sites for hydroxylation is 2. The molecule has 0 amide bonds. The van der Waals surface area contributed by atoms with Crippen LogP contribution in [0.25, 0.3) is 6.08 Å². The van der Waals surface area contributed by atoms with Gasteiger partial charge < -0.3 is 4.90 Å². The van der Waals surface area contributed by atoms with Crippen molar-refractivity contribution in [3.05, 3.63) is 82.0 Å². The van der Waals surface area contributed by atoms with Gasteiger partial charge in [0, 0.05) is 50.3 Å². The predicted molar refractivity (Wildman–Crippen MR) is 149 cm³/mol. The number of hydrogen-bond acceptors (Lipinski definition) is 9. The summed E-state index contributed by atoms with van der Waals surface area (Å²) in [7, 11) is 0. The van der Waals surface area contributed by atoms with Crippen molar-refractivity contribution in [3.63, 3.8) is 0 Å². The number of ketones is 1. The van der Waals surface area contributed by atoms with Crippen LogP contribution in [0, 0.1) is 19.8 Å². The first-order valence-electron chi connectivity index (χ1n) is 13.0. The molecule has 0 atom stereocenters. The zero-order valence-corrected chi connectivity index (χ0v) is 22.7. The lowest BCUT2D eigenvalue weighted by molar-refractivity contribution is -0.119. The van der Waals surface area contributed by atoms with Crippen LogP contribution < -0.4 is 4.90 Å². The fraction of sp³-hybridized carbons (Fsp3) is 0.379. The molecule has 9 heteroatoms. The van der Waals surface area contributed by atoms with Gasteiger partial charge in [0.1, 0.15) is 0 Å². The Morgan fingerprint density at radius 1 is 0.947 bits per heavy atom. The molecule has 5 rings (SSSR count). The Morgan fingerprint density at radius 3 is 2.18 bits per heavy atom. The monoisotopic (exact) mass is 528 g/mol. The first kappa shape index (κ1) is 26.2. The Labute approximate surface area is 227 Å². The Bertz CT molecular complexity index is 1300. The van der Waals surface area contributed by atoms with E-state index in [1.165, 1.54) is 0 Å². The van der Waals surface area contributed by atoms with Crippen LogP contribution in [0.3, 0.4) is 0 Å². The first-order valence-corrected chi connectivity index (χ1v) is 13.8. The molecule has 2 aliphatic rings. The molecule has 3 aromatic rings. The van der Waals surface area contributed by atoms with Crippen molar-refractivity contribution in [1.29, 1.82) is 0 Å². The third-order valence-corrected chi connectivity index (χ3v) is 7.76. The van der Waals surface area contributed by atoms with Gasteiger partial charge in [-0.3, -0.25) is 24.5 Å². The summed E-state index contributed by atoms with van der Waals surface area (Å²) in [5.41, 5.74) is 4.88. The summed E-state index contributed by atoms with van der Waals surface area (Å²) < 4.78 is 0. The summed E-state index contributed by atoms with van der Waals surface area (Å²) in [6, 6.07) is 14.2. The van der Waals surface area contributed by atoms with Crippen molar-refractivity contribution in [2.75, 3.05) is 24.5 Å². The van der Waals surface area contributed by atoms with E-state index in [0.29, 0.717) is 22.5 Å². The molecule has 0 saturated carbocycles. The number of pyridine rings is 2. The van der Waals surface area contributed by atoms with Crippen LogP contribution in [-0.2, 0) is 22.7 Å². The van der Waals surface area contributed by atoms with Crippen LogP contribution in [0.2, 0.25) is 0 Å². The quantitative estimate of drug-likeness (QED) is 0.312. The highest BCUT2D eigenvalue weighted by atomic mass is 32.2. The van der Waals surface area contributed by atoms with E-state index in [4.69, 9.17) is 9.97 Å². The predicted octanol–water partition coefficient (Wildman–Crippen LogP) is 4.38. The van der Waals surface area contributed by atoms with Gasteiger partial charge in [-0.15, -0.1) is 0 Å². The number of piperidine rings is 1. The summed E-state index contributed by atoms with van der Waals surface area (Å²) in [5, 5.41) is -0.108. The number of rotatable bonds is 8. The van der Waals surface area contributed by atoms with Crippen molar-refractivity contribution < 1.29 is 9.59 Å². The molecule has 0 radical (unpaired) electrons. The summed E-state index contributed by atoms with van der Waals surface area (Å²) in [6.07, 6.45) is 5.47. The Morgan fingerprint density at radius 2 is 1.61 bits per heavy atom. The van der Waals surface area contributed by atoms with E-state index in [9.17, 15) is 9.59 Å². The molecular weight excluding hydrogens is 496 g/mol. The van der Waals surface area contributed by atoms with Crippen molar-refractivity contribution in [1.82, 2.24) is 24.8 Å². The first-order chi connectivity index (χ1) is 18.4. The molecule has 0 unspecified atom stereocenters. The van der Waals surface area contributed by atoms with Gasteiger partial charge in [-0.2, -0.15) is 0 Å². The highest BCUT2D eigenvalue weighted by molar-refractivity contribution is 8.18. The number of thioether (sulfide) groups is 1. The topological polar surface area (TPSA) is 92.2 Å². The average Bonchev–Trinajstić information content (AvgIpc) is 3.20. The minimum atomic E-state index is -0.132. The van der Waals surface area contributed by atoms with Gasteiger partial charge in [-0.25, -0.2) is 9.97 Å². The lowest BCUT2D eigenvalue weighted by Gasteiger charge is -2.35. The van der Waals surface area contributed by atoms with E-state index in [1.54, 1.807) is 18.3 Å².